The van der Waals surface area contributed by atoms with Crippen molar-refractivity contribution in [1.29, 1.82) is 0 Å². The number of carbonyl (C=O) groups is 1. The number of hydrogen-bond acceptors (Lipinski definition) is 5. The Hall–Kier alpha value is -2.78. The Bertz CT molecular complexity index is 940. The van der Waals surface area contributed by atoms with Gasteiger partial charge >= 0.3 is 0 Å². The van der Waals surface area contributed by atoms with E-state index in [9.17, 15) is 23.3 Å². The molecule has 0 radical (unpaired) electrons. The van der Waals surface area contributed by atoms with Crippen LogP contribution in [0.3, 0.4) is 0 Å². The van der Waals surface area contributed by atoms with Crippen LogP contribution in [0.25, 0.3) is 0 Å². The van der Waals surface area contributed by atoms with Gasteiger partial charge in [-0.05, 0) is 36.6 Å². The maximum absolute atomic E-state index is 12.6. The highest BCUT2D eigenvalue weighted by Gasteiger charge is 2.21. The zero-order chi connectivity index (χ0) is 20.0. The molecule has 0 aliphatic carbocycles. The van der Waals surface area contributed by atoms with Gasteiger partial charge in [0.05, 0.1) is 9.82 Å². The molecule has 0 heterocycles. The third kappa shape index (κ3) is 5.11. The first-order valence-electron chi connectivity index (χ1n) is 8.42. The third-order valence-corrected chi connectivity index (χ3v) is 5.44. The summed E-state index contributed by atoms with van der Waals surface area (Å²) in [4.78, 5) is 22.0. The minimum atomic E-state index is -3.93. The molecule has 0 aliphatic heterocycles. The molecule has 27 heavy (non-hydrogen) atoms. The highest BCUT2D eigenvalue weighted by atomic mass is 32.2. The second-order valence-electron chi connectivity index (χ2n) is 5.78. The molecular formula is C18H21N3O5S. The number of sulfonamides is 1. The number of aryl methyl sites for hydroxylation is 1. The van der Waals surface area contributed by atoms with Gasteiger partial charge < -0.3 is 5.32 Å². The Morgan fingerprint density at radius 3 is 2.33 bits per heavy atom. The fourth-order valence-electron chi connectivity index (χ4n) is 2.49. The van der Waals surface area contributed by atoms with Gasteiger partial charge in [0.25, 0.3) is 11.6 Å². The molecule has 2 aromatic rings. The van der Waals surface area contributed by atoms with Gasteiger partial charge in [-0.25, -0.2) is 13.1 Å². The monoisotopic (exact) mass is 391 g/mol. The largest absolute Gasteiger partial charge is 0.352 e. The molecular weight excluding hydrogens is 370 g/mol. The van der Waals surface area contributed by atoms with Gasteiger partial charge in [0.1, 0.15) is 0 Å². The van der Waals surface area contributed by atoms with Crippen LogP contribution in [0.5, 0.6) is 0 Å². The number of hydrogen-bond donors (Lipinski definition) is 2. The number of nitro benzene ring substituents is 1. The molecule has 8 nitrogen and oxygen atoms in total. The second-order valence-corrected chi connectivity index (χ2v) is 7.52. The summed E-state index contributed by atoms with van der Waals surface area (Å²) in [6.45, 7) is 4.12. The van der Waals surface area contributed by atoms with E-state index < -0.39 is 14.9 Å². The second kappa shape index (κ2) is 8.74. The molecule has 9 heteroatoms. The Balaban J connectivity index is 2.18. The van der Waals surface area contributed by atoms with Gasteiger partial charge in [-0.15, -0.1) is 0 Å². The van der Waals surface area contributed by atoms with E-state index in [1.807, 2.05) is 6.92 Å². The fraction of sp³-hybridized carbons (Fsp3) is 0.278. The summed E-state index contributed by atoms with van der Waals surface area (Å²) in [7, 11) is -3.93. The fourth-order valence-corrected chi connectivity index (χ4v) is 3.84. The van der Waals surface area contributed by atoms with Crippen LogP contribution in [0.15, 0.2) is 47.4 Å². The number of non-ortho nitro benzene ring substituents is 1. The highest BCUT2D eigenvalue weighted by molar-refractivity contribution is 7.89. The Morgan fingerprint density at radius 1 is 1.11 bits per heavy atom. The number of nitrogens with one attached hydrogen (secondary N) is 2. The van der Waals surface area contributed by atoms with Crippen LogP contribution in [0.2, 0.25) is 0 Å². The quantitative estimate of drug-likeness (QED) is 0.529. The molecule has 0 saturated carbocycles. The van der Waals surface area contributed by atoms with E-state index >= 15 is 0 Å². The maximum Gasteiger partial charge on any atom is 0.270 e. The average molecular weight is 391 g/mol. The minimum absolute atomic E-state index is 0.00383. The highest BCUT2D eigenvalue weighted by Crippen LogP contribution is 2.23. The lowest BCUT2D eigenvalue weighted by Gasteiger charge is -2.11. The number of nitrogens with zero attached hydrogens (tertiary/aromatic N) is 1. The summed E-state index contributed by atoms with van der Waals surface area (Å²) >= 11 is 0. The molecule has 0 bridgehead atoms. The van der Waals surface area contributed by atoms with Crippen LogP contribution in [0.4, 0.5) is 5.69 Å². The molecule has 0 unspecified atom stereocenters. The van der Waals surface area contributed by atoms with Gasteiger partial charge in [-0.1, -0.05) is 25.1 Å². The smallest absolute Gasteiger partial charge is 0.270 e. The molecule has 0 aromatic heterocycles. The predicted octanol–water partition coefficient (Wildman–Crippen LogP) is 2.39. The van der Waals surface area contributed by atoms with Crippen molar-refractivity contribution >= 4 is 21.6 Å². The van der Waals surface area contributed by atoms with Gasteiger partial charge in [0.2, 0.25) is 10.0 Å². The summed E-state index contributed by atoms with van der Waals surface area (Å²) in [5.74, 6) is -0.200. The van der Waals surface area contributed by atoms with Crippen molar-refractivity contribution in [2.45, 2.75) is 31.7 Å². The number of amides is 1. The molecule has 2 rings (SSSR count). The summed E-state index contributed by atoms with van der Waals surface area (Å²) < 4.78 is 27.7. The topological polar surface area (TPSA) is 118 Å². The van der Waals surface area contributed by atoms with Crippen LogP contribution < -0.4 is 10.0 Å². The first-order chi connectivity index (χ1) is 12.8. The lowest BCUT2D eigenvalue weighted by atomic mass is 10.1. The molecule has 2 aromatic carbocycles. The predicted molar refractivity (Wildman–Crippen MR) is 101 cm³/mol. The maximum atomic E-state index is 12.6. The van der Waals surface area contributed by atoms with Crippen molar-refractivity contribution in [3.63, 3.8) is 0 Å². The Morgan fingerprint density at radius 2 is 1.78 bits per heavy atom. The van der Waals surface area contributed by atoms with Crippen LogP contribution in [0, 0.1) is 10.1 Å². The van der Waals surface area contributed by atoms with Crippen LogP contribution in [0.1, 0.15) is 35.3 Å². The number of rotatable bonds is 8. The van der Waals surface area contributed by atoms with Gasteiger partial charge in [0, 0.05) is 30.8 Å². The zero-order valence-corrected chi connectivity index (χ0v) is 15.9. The number of nitro groups is 1. The molecule has 2 N–H and O–H groups in total. The van der Waals surface area contributed by atoms with Crippen LogP contribution in [-0.2, 0) is 23.0 Å². The first-order valence-corrected chi connectivity index (χ1v) is 9.91. The van der Waals surface area contributed by atoms with E-state index in [1.165, 1.54) is 12.1 Å². The van der Waals surface area contributed by atoms with Crippen molar-refractivity contribution < 1.29 is 18.1 Å². The number of benzene rings is 2. The SMILES string of the molecule is CCNC(=O)c1ccc(CNS(=O)(=O)c2cc([N+](=O)[O-])ccc2CC)cc1. The molecule has 0 spiro atoms. The van der Waals surface area contributed by atoms with Crippen LogP contribution >= 0.6 is 0 Å². The standard InChI is InChI=1S/C18H21N3O5S/c1-3-14-9-10-16(21(23)24)11-17(14)27(25,26)20-12-13-5-7-15(8-6-13)18(22)19-4-2/h5-11,20H,3-4,12H2,1-2H3,(H,19,22). The van der Waals surface area contributed by atoms with E-state index in [2.05, 4.69) is 10.0 Å². The average Bonchev–Trinajstić information content (AvgIpc) is 2.66. The lowest BCUT2D eigenvalue weighted by Crippen LogP contribution is -2.25. The van der Waals surface area contributed by atoms with E-state index in [1.54, 1.807) is 31.2 Å². The normalized spacial score (nSPS) is 11.2. The zero-order valence-electron chi connectivity index (χ0n) is 15.1. The molecule has 0 saturated heterocycles. The van der Waals surface area contributed by atoms with E-state index in [4.69, 9.17) is 0 Å². The van der Waals surface area contributed by atoms with E-state index in [-0.39, 0.29) is 23.0 Å². The van der Waals surface area contributed by atoms with E-state index in [0.29, 0.717) is 29.7 Å². The Kier molecular flexibility index (Phi) is 6.65. The van der Waals surface area contributed by atoms with Gasteiger partial charge in [-0.2, -0.15) is 0 Å². The Labute approximate surface area is 157 Å². The first kappa shape index (κ1) is 20.5. The van der Waals surface area contributed by atoms with Crippen molar-refractivity contribution in [2.24, 2.45) is 0 Å². The summed E-state index contributed by atoms with van der Waals surface area (Å²) in [6, 6.07) is 10.3. The summed E-state index contributed by atoms with van der Waals surface area (Å²) in [5.41, 5.74) is 1.36. The molecule has 0 aliphatic rings. The van der Waals surface area contributed by atoms with Gasteiger partial charge in [-0.3, -0.25) is 14.9 Å². The lowest BCUT2D eigenvalue weighted by molar-refractivity contribution is -0.385. The summed E-state index contributed by atoms with van der Waals surface area (Å²) in [6.07, 6.45) is 0.426. The van der Waals surface area contributed by atoms with Crippen molar-refractivity contribution in [1.82, 2.24) is 10.0 Å². The van der Waals surface area contributed by atoms with E-state index in [0.717, 1.165) is 6.07 Å². The minimum Gasteiger partial charge on any atom is -0.352 e. The molecule has 0 fully saturated rings. The van der Waals surface area contributed by atoms with Crippen molar-refractivity contribution in [2.75, 3.05) is 6.54 Å². The van der Waals surface area contributed by atoms with Gasteiger partial charge in [0.15, 0.2) is 0 Å². The summed E-state index contributed by atoms with van der Waals surface area (Å²) in [5, 5.41) is 13.6. The van der Waals surface area contributed by atoms with Crippen molar-refractivity contribution in [3.8, 4) is 0 Å². The third-order valence-electron chi connectivity index (χ3n) is 3.95. The van der Waals surface area contributed by atoms with Crippen LogP contribution in [-0.4, -0.2) is 25.8 Å². The van der Waals surface area contributed by atoms with Crippen molar-refractivity contribution in [3.05, 3.63) is 69.3 Å². The molecule has 0 atom stereocenters. The molecule has 144 valence electrons. The molecule has 1 amide bonds. The number of carbonyl (C=O) groups excluding carboxylic acids is 1.